The van der Waals surface area contributed by atoms with Crippen LogP contribution in [0.5, 0.6) is 0 Å². The molecular weight excluding hydrogens is 611 g/mol. The van der Waals surface area contributed by atoms with E-state index in [9.17, 15) is 0 Å². The van der Waals surface area contributed by atoms with Crippen molar-refractivity contribution in [3.8, 4) is 22.3 Å². The Bertz CT molecular complexity index is 2810. The SMILES string of the molecule is Cc1ccc(N(c2ccc3c(c2)C(C)(C)c2cc(-c4cccc5c4oc4ccc(C)cc45)ccc2-3)c2ccc3c(c2)oc2ccccc23)cc1. The van der Waals surface area contributed by atoms with Gasteiger partial charge >= 0.3 is 0 Å². The summed E-state index contributed by atoms with van der Waals surface area (Å²) >= 11 is 0. The van der Waals surface area contributed by atoms with Gasteiger partial charge in [0, 0.05) is 55.7 Å². The molecule has 1 aliphatic rings. The van der Waals surface area contributed by atoms with Gasteiger partial charge in [0.1, 0.15) is 22.3 Å². The topological polar surface area (TPSA) is 29.5 Å². The molecule has 240 valence electrons. The Morgan fingerprint density at radius 2 is 1.10 bits per heavy atom. The van der Waals surface area contributed by atoms with Crippen molar-refractivity contribution in [2.45, 2.75) is 33.1 Å². The van der Waals surface area contributed by atoms with Gasteiger partial charge in [-0.15, -0.1) is 0 Å². The summed E-state index contributed by atoms with van der Waals surface area (Å²) in [7, 11) is 0. The Balaban J connectivity index is 1.10. The van der Waals surface area contributed by atoms with Gasteiger partial charge in [-0.25, -0.2) is 0 Å². The number of hydrogen-bond donors (Lipinski definition) is 0. The monoisotopic (exact) mass is 645 g/mol. The van der Waals surface area contributed by atoms with Gasteiger partial charge < -0.3 is 13.7 Å². The normalized spacial score (nSPS) is 13.4. The molecule has 2 aromatic heterocycles. The maximum Gasteiger partial charge on any atom is 0.143 e. The highest BCUT2D eigenvalue weighted by molar-refractivity contribution is 6.10. The van der Waals surface area contributed by atoms with Crippen LogP contribution in [0.25, 0.3) is 66.1 Å². The molecule has 9 aromatic rings. The second-order valence-electron chi connectivity index (χ2n) is 14.3. The predicted molar refractivity (Wildman–Crippen MR) is 208 cm³/mol. The first kappa shape index (κ1) is 28.9. The molecule has 0 amide bonds. The maximum atomic E-state index is 6.49. The average molecular weight is 646 g/mol. The average Bonchev–Trinajstić information content (AvgIpc) is 3.76. The van der Waals surface area contributed by atoms with Crippen molar-refractivity contribution in [2.24, 2.45) is 0 Å². The minimum Gasteiger partial charge on any atom is -0.456 e. The van der Waals surface area contributed by atoms with Gasteiger partial charge in [0.05, 0.1) is 0 Å². The van der Waals surface area contributed by atoms with Gasteiger partial charge in [0.25, 0.3) is 0 Å². The van der Waals surface area contributed by atoms with Gasteiger partial charge in [-0.3, -0.25) is 0 Å². The Morgan fingerprint density at radius 1 is 0.440 bits per heavy atom. The first-order valence-electron chi connectivity index (χ1n) is 17.3. The molecule has 0 spiro atoms. The molecule has 0 aliphatic heterocycles. The largest absolute Gasteiger partial charge is 0.456 e. The standard InChI is InChI=1S/C47H35NO2/c1-28-12-16-31(17-13-28)48(33-19-22-38-37-8-5-6-11-43(37)49-45(38)27-33)32-18-21-36-35-20-15-30(25-41(35)47(3,4)42(36)26-32)34-9-7-10-39-40-24-29(2)14-23-44(40)50-46(34)39/h5-27H,1-4H3. The van der Waals surface area contributed by atoms with Gasteiger partial charge in [-0.2, -0.15) is 0 Å². The summed E-state index contributed by atoms with van der Waals surface area (Å²) in [5.41, 5.74) is 16.7. The first-order chi connectivity index (χ1) is 24.3. The Hall–Kier alpha value is -6.06. The number of aryl methyl sites for hydroxylation is 2. The smallest absolute Gasteiger partial charge is 0.143 e. The van der Waals surface area contributed by atoms with Gasteiger partial charge in [-0.1, -0.05) is 97.8 Å². The molecule has 0 unspecified atom stereocenters. The van der Waals surface area contributed by atoms with Crippen LogP contribution in [-0.4, -0.2) is 0 Å². The zero-order valence-corrected chi connectivity index (χ0v) is 28.5. The molecular formula is C47H35NO2. The van der Waals surface area contributed by atoms with E-state index in [1.165, 1.54) is 44.3 Å². The lowest BCUT2D eigenvalue weighted by atomic mass is 9.81. The second kappa shape index (κ2) is 10.5. The third kappa shape index (κ3) is 4.23. The van der Waals surface area contributed by atoms with E-state index >= 15 is 0 Å². The number of rotatable bonds is 4. The van der Waals surface area contributed by atoms with Crippen molar-refractivity contribution in [3.05, 3.63) is 162 Å². The Kier molecular flexibility index (Phi) is 6.05. The number of nitrogens with zero attached hydrogens (tertiary/aromatic N) is 1. The van der Waals surface area contributed by atoms with Crippen LogP contribution >= 0.6 is 0 Å². The molecule has 0 saturated carbocycles. The summed E-state index contributed by atoms with van der Waals surface area (Å²) in [4.78, 5) is 2.35. The molecule has 0 N–H and O–H groups in total. The van der Waals surface area contributed by atoms with Gasteiger partial charge in [0.2, 0.25) is 0 Å². The summed E-state index contributed by atoms with van der Waals surface area (Å²) in [6.07, 6.45) is 0. The fourth-order valence-corrected chi connectivity index (χ4v) is 8.17. The Labute approximate surface area is 291 Å². The minimum absolute atomic E-state index is 0.211. The highest BCUT2D eigenvalue weighted by atomic mass is 16.3. The van der Waals surface area contributed by atoms with Crippen molar-refractivity contribution in [2.75, 3.05) is 4.90 Å². The predicted octanol–water partition coefficient (Wildman–Crippen LogP) is 13.5. The zero-order chi connectivity index (χ0) is 33.7. The number of fused-ring (bicyclic) bond motifs is 9. The molecule has 2 heterocycles. The molecule has 3 nitrogen and oxygen atoms in total. The summed E-state index contributed by atoms with van der Waals surface area (Å²) in [6, 6.07) is 50.4. The number of furan rings is 2. The van der Waals surface area contributed by atoms with Crippen LogP contribution in [0.1, 0.15) is 36.1 Å². The highest BCUT2D eigenvalue weighted by Crippen LogP contribution is 2.52. The van der Waals surface area contributed by atoms with Crippen LogP contribution in [0, 0.1) is 13.8 Å². The van der Waals surface area contributed by atoms with Crippen molar-refractivity contribution in [3.63, 3.8) is 0 Å². The highest BCUT2D eigenvalue weighted by Gasteiger charge is 2.36. The van der Waals surface area contributed by atoms with Crippen LogP contribution in [0.15, 0.2) is 148 Å². The summed E-state index contributed by atoms with van der Waals surface area (Å²) < 4.78 is 12.8. The molecule has 0 saturated heterocycles. The van der Waals surface area contributed by atoms with Gasteiger partial charge in [0.15, 0.2) is 0 Å². The number of anilines is 3. The van der Waals surface area contributed by atoms with E-state index in [0.29, 0.717) is 0 Å². The number of para-hydroxylation sites is 2. The van der Waals surface area contributed by atoms with Gasteiger partial charge in [-0.05, 0) is 102 Å². The third-order valence-electron chi connectivity index (χ3n) is 10.8. The van der Waals surface area contributed by atoms with E-state index in [4.69, 9.17) is 8.83 Å². The van der Waals surface area contributed by atoms with E-state index in [1.54, 1.807) is 0 Å². The second-order valence-corrected chi connectivity index (χ2v) is 14.3. The van der Waals surface area contributed by atoms with Crippen molar-refractivity contribution >= 4 is 60.9 Å². The van der Waals surface area contributed by atoms with E-state index in [2.05, 4.69) is 160 Å². The molecule has 0 radical (unpaired) electrons. The summed E-state index contributed by atoms with van der Waals surface area (Å²) in [6.45, 7) is 8.97. The molecule has 0 atom stereocenters. The minimum atomic E-state index is -0.211. The molecule has 3 heteroatoms. The van der Waals surface area contributed by atoms with Crippen molar-refractivity contribution in [1.29, 1.82) is 0 Å². The lowest BCUT2D eigenvalue weighted by Gasteiger charge is -2.28. The fourth-order valence-electron chi connectivity index (χ4n) is 8.17. The lowest BCUT2D eigenvalue weighted by molar-refractivity contribution is 0.660. The lowest BCUT2D eigenvalue weighted by Crippen LogP contribution is -2.16. The zero-order valence-electron chi connectivity index (χ0n) is 28.5. The summed E-state index contributed by atoms with van der Waals surface area (Å²) in [5, 5.41) is 4.59. The van der Waals surface area contributed by atoms with E-state index in [0.717, 1.165) is 61.1 Å². The third-order valence-corrected chi connectivity index (χ3v) is 10.8. The van der Waals surface area contributed by atoms with Crippen LogP contribution in [0.2, 0.25) is 0 Å². The molecule has 0 fully saturated rings. The van der Waals surface area contributed by atoms with Crippen LogP contribution in [0.3, 0.4) is 0 Å². The molecule has 50 heavy (non-hydrogen) atoms. The van der Waals surface area contributed by atoms with Crippen molar-refractivity contribution in [1.82, 2.24) is 0 Å². The Morgan fingerprint density at radius 3 is 1.96 bits per heavy atom. The van der Waals surface area contributed by atoms with E-state index in [-0.39, 0.29) is 5.41 Å². The molecule has 10 rings (SSSR count). The quantitative estimate of drug-likeness (QED) is 0.191. The van der Waals surface area contributed by atoms with Crippen LogP contribution < -0.4 is 4.90 Å². The number of benzene rings is 7. The van der Waals surface area contributed by atoms with Crippen molar-refractivity contribution < 1.29 is 8.83 Å². The number of hydrogen-bond acceptors (Lipinski definition) is 3. The van der Waals surface area contributed by atoms with Crippen LogP contribution in [0.4, 0.5) is 17.1 Å². The van der Waals surface area contributed by atoms with E-state index < -0.39 is 0 Å². The van der Waals surface area contributed by atoms with Crippen LogP contribution in [-0.2, 0) is 5.41 Å². The first-order valence-corrected chi connectivity index (χ1v) is 17.3. The molecule has 1 aliphatic carbocycles. The molecule has 0 bridgehead atoms. The maximum absolute atomic E-state index is 6.49. The van der Waals surface area contributed by atoms with E-state index in [1.807, 2.05) is 12.1 Å². The summed E-state index contributed by atoms with van der Waals surface area (Å²) in [5.74, 6) is 0. The molecule has 7 aromatic carbocycles. The fraction of sp³-hybridized carbons (Fsp3) is 0.106.